The summed E-state index contributed by atoms with van der Waals surface area (Å²) in [6.07, 6.45) is 8.57. The molecular formula is C22H28N2O2. The summed E-state index contributed by atoms with van der Waals surface area (Å²) in [5.74, 6) is 2.02. The van der Waals surface area contributed by atoms with Crippen LogP contribution in [0.1, 0.15) is 48.3 Å². The van der Waals surface area contributed by atoms with Gasteiger partial charge in [-0.2, -0.15) is 0 Å². The fourth-order valence-corrected chi connectivity index (χ4v) is 3.53. The Morgan fingerprint density at radius 3 is 2.85 bits per heavy atom. The zero-order valence-electron chi connectivity index (χ0n) is 15.7. The van der Waals surface area contributed by atoms with E-state index in [4.69, 9.17) is 4.74 Å². The van der Waals surface area contributed by atoms with E-state index in [2.05, 4.69) is 35.4 Å². The molecule has 26 heavy (non-hydrogen) atoms. The summed E-state index contributed by atoms with van der Waals surface area (Å²) in [6, 6.07) is 10.3. The van der Waals surface area contributed by atoms with Gasteiger partial charge in [-0.25, -0.2) is 0 Å². The first-order chi connectivity index (χ1) is 12.7. The molecule has 0 aliphatic heterocycles. The van der Waals surface area contributed by atoms with Gasteiger partial charge in [-0.15, -0.1) is 0 Å². The lowest BCUT2D eigenvalue weighted by Gasteiger charge is -2.18. The van der Waals surface area contributed by atoms with Crippen molar-refractivity contribution >= 4 is 5.91 Å². The maximum absolute atomic E-state index is 12.4. The molecule has 138 valence electrons. The van der Waals surface area contributed by atoms with Gasteiger partial charge < -0.3 is 10.1 Å². The van der Waals surface area contributed by atoms with E-state index in [-0.39, 0.29) is 5.91 Å². The van der Waals surface area contributed by atoms with Crippen molar-refractivity contribution in [3.63, 3.8) is 0 Å². The van der Waals surface area contributed by atoms with E-state index in [0.29, 0.717) is 24.8 Å². The zero-order chi connectivity index (χ0) is 18.4. The Kier molecular flexibility index (Phi) is 6.26. The number of carbonyl (C=O) groups is 1. The monoisotopic (exact) mass is 352 g/mol. The van der Waals surface area contributed by atoms with Gasteiger partial charge in [-0.3, -0.25) is 9.78 Å². The van der Waals surface area contributed by atoms with Crippen LogP contribution < -0.4 is 10.1 Å². The highest BCUT2D eigenvalue weighted by Crippen LogP contribution is 2.45. The third kappa shape index (κ3) is 5.07. The van der Waals surface area contributed by atoms with Gasteiger partial charge in [-0.1, -0.05) is 18.2 Å². The second-order valence-electron chi connectivity index (χ2n) is 7.19. The molecule has 1 fully saturated rings. The van der Waals surface area contributed by atoms with Gasteiger partial charge in [0.25, 0.3) is 0 Å². The van der Waals surface area contributed by atoms with Crippen molar-refractivity contribution in [3.8, 4) is 5.75 Å². The van der Waals surface area contributed by atoms with Crippen LogP contribution in [0.2, 0.25) is 0 Å². The molecule has 1 aliphatic rings. The van der Waals surface area contributed by atoms with Crippen molar-refractivity contribution in [2.45, 2.75) is 44.9 Å². The van der Waals surface area contributed by atoms with Crippen molar-refractivity contribution < 1.29 is 9.53 Å². The summed E-state index contributed by atoms with van der Waals surface area (Å²) in [6.45, 7) is 2.78. The number of hydrogen-bond donors (Lipinski definition) is 1. The Morgan fingerprint density at radius 1 is 1.35 bits per heavy atom. The lowest BCUT2D eigenvalue weighted by Crippen LogP contribution is -2.26. The number of rotatable bonds is 9. The average Bonchev–Trinajstić information content (AvgIpc) is 3.49. The van der Waals surface area contributed by atoms with E-state index in [1.54, 1.807) is 13.3 Å². The third-order valence-electron chi connectivity index (χ3n) is 5.13. The second-order valence-corrected chi connectivity index (χ2v) is 7.19. The quantitative estimate of drug-likeness (QED) is 0.693. The van der Waals surface area contributed by atoms with Crippen LogP contribution in [0, 0.1) is 12.8 Å². The number of hydrogen-bond acceptors (Lipinski definition) is 3. The van der Waals surface area contributed by atoms with Gasteiger partial charge in [0.1, 0.15) is 5.75 Å². The Morgan fingerprint density at radius 2 is 2.19 bits per heavy atom. The topological polar surface area (TPSA) is 51.2 Å². The van der Waals surface area contributed by atoms with Gasteiger partial charge in [0.05, 0.1) is 7.11 Å². The number of aryl methyl sites for hydroxylation is 2. The van der Waals surface area contributed by atoms with E-state index >= 15 is 0 Å². The Bertz CT molecular complexity index is 726. The maximum atomic E-state index is 12.4. The molecule has 1 aromatic carbocycles. The van der Waals surface area contributed by atoms with Crippen molar-refractivity contribution in [1.29, 1.82) is 0 Å². The highest BCUT2D eigenvalue weighted by molar-refractivity contribution is 5.77. The molecule has 0 radical (unpaired) electrons. The number of ether oxygens (including phenoxy) is 1. The van der Waals surface area contributed by atoms with Crippen molar-refractivity contribution in [2.75, 3.05) is 13.7 Å². The minimum atomic E-state index is 0.154. The van der Waals surface area contributed by atoms with E-state index < -0.39 is 0 Å². The molecule has 4 heteroatoms. The Balaban J connectivity index is 1.50. The van der Waals surface area contributed by atoms with E-state index in [9.17, 15) is 4.79 Å². The summed E-state index contributed by atoms with van der Waals surface area (Å²) in [4.78, 5) is 16.6. The van der Waals surface area contributed by atoms with Gasteiger partial charge in [0.15, 0.2) is 0 Å². The minimum absolute atomic E-state index is 0.154. The van der Waals surface area contributed by atoms with Crippen LogP contribution in [-0.4, -0.2) is 24.5 Å². The van der Waals surface area contributed by atoms with Crippen LogP contribution in [0.3, 0.4) is 0 Å². The number of nitrogens with one attached hydrogen (secondary N) is 1. The highest BCUT2D eigenvalue weighted by Gasteiger charge is 2.33. The number of aromatic nitrogens is 1. The van der Waals surface area contributed by atoms with Crippen LogP contribution in [0.4, 0.5) is 0 Å². The molecule has 1 unspecified atom stereocenters. The van der Waals surface area contributed by atoms with Crippen LogP contribution in [0.5, 0.6) is 5.75 Å². The minimum Gasteiger partial charge on any atom is -0.496 e. The fraction of sp³-hybridized carbons (Fsp3) is 0.455. The summed E-state index contributed by atoms with van der Waals surface area (Å²) in [5, 5.41) is 3.09. The number of carbonyl (C=O) groups excluding carboxylic acids is 1. The summed E-state index contributed by atoms with van der Waals surface area (Å²) in [5.41, 5.74) is 3.61. The average molecular weight is 352 g/mol. The molecule has 0 bridgehead atoms. The number of benzene rings is 1. The first-order valence-corrected chi connectivity index (χ1v) is 9.47. The number of pyridine rings is 1. The first kappa shape index (κ1) is 18.4. The molecule has 1 atom stereocenters. The molecular weight excluding hydrogens is 324 g/mol. The van der Waals surface area contributed by atoms with Crippen molar-refractivity contribution in [2.24, 2.45) is 5.92 Å². The fourth-order valence-electron chi connectivity index (χ4n) is 3.53. The van der Waals surface area contributed by atoms with Gasteiger partial charge in [-0.05, 0) is 73.3 Å². The predicted octanol–water partition coefficient (Wildman–Crippen LogP) is 4.03. The molecule has 1 amide bonds. The molecule has 1 heterocycles. The van der Waals surface area contributed by atoms with Gasteiger partial charge in [0.2, 0.25) is 5.91 Å². The molecule has 2 aromatic rings. The molecule has 1 saturated carbocycles. The molecule has 3 rings (SSSR count). The first-order valence-electron chi connectivity index (χ1n) is 9.47. The molecule has 1 aromatic heterocycles. The van der Waals surface area contributed by atoms with Crippen LogP contribution in [-0.2, 0) is 11.2 Å². The number of methoxy groups -OCH3 is 1. The lowest BCUT2D eigenvalue weighted by molar-refractivity contribution is -0.121. The lowest BCUT2D eigenvalue weighted by atomic mass is 9.89. The Labute approximate surface area is 156 Å². The van der Waals surface area contributed by atoms with Crippen LogP contribution in [0.25, 0.3) is 0 Å². The molecule has 4 nitrogen and oxygen atoms in total. The zero-order valence-corrected chi connectivity index (χ0v) is 15.7. The van der Waals surface area contributed by atoms with Crippen LogP contribution >= 0.6 is 0 Å². The van der Waals surface area contributed by atoms with Crippen LogP contribution in [0.15, 0.2) is 42.7 Å². The molecule has 1 N–H and O–H groups in total. The summed E-state index contributed by atoms with van der Waals surface area (Å²) in [7, 11) is 1.69. The maximum Gasteiger partial charge on any atom is 0.220 e. The molecule has 1 aliphatic carbocycles. The Hall–Kier alpha value is -2.36. The molecule has 0 saturated heterocycles. The van der Waals surface area contributed by atoms with Crippen molar-refractivity contribution in [1.82, 2.24) is 10.3 Å². The van der Waals surface area contributed by atoms with Gasteiger partial charge >= 0.3 is 0 Å². The van der Waals surface area contributed by atoms with E-state index in [1.807, 2.05) is 18.3 Å². The SMILES string of the molecule is COc1ccc(C(CC(=O)NCCCc2cccnc2)C2CC2)cc1C. The summed E-state index contributed by atoms with van der Waals surface area (Å²) >= 11 is 0. The predicted molar refractivity (Wildman–Crippen MR) is 103 cm³/mol. The summed E-state index contributed by atoms with van der Waals surface area (Å²) < 4.78 is 5.36. The normalized spacial score (nSPS) is 14.7. The molecule has 0 spiro atoms. The number of amides is 1. The van der Waals surface area contributed by atoms with E-state index in [1.165, 1.54) is 24.0 Å². The van der Waals surface area contributed by atoms with E-state index in [0.717, 1.165) is 24.2 Å². The standard InChI is InChI=1S/C22H28N2O2/c1-16-13-19(9-10-21(16)26-2)20(18-7-8-18)14-22(25)24-12-4-6-17-5-3-11-23-15-17/h3,5,9-11,13,15,18,20H,4,6-8,12,14H2,1-2H3,(H,24,25). The van der Waals surface area contributed by atoms with Crippen molar-refractivity contribution in [3.05, 3.63) is 59.4 Å². The highest BCUT2D eigenvalue weighted by atomic mass is 16.5. The second kappa shape index (κ2) is 8.84. The third-order valence-corrected chi connectivity index (χ3v) is 5.13. The largest absolute Gasteiger partial charge is 0.496 e. The number of nitrogens with zero attached hydrogens (tertiary/aromatic N) is 1. The smallest absolute Gasteiger partial charge is 0.220 e. The van der Waals surface area contributed by atoms with Gasteiger partial charge in [0, 0.05) is 25.4 Å².